The van der Waals surface area contributed by atoms with Gasteiger partial charge >= 0.3 is 17.9 Å². The van der Waals surface area contributed by atoms with Crippen LogP contribution in [-0.2, 0) is 28.6 Å². The second-order valence-electron chi connectivity index (χ2n) is 16.7. The highest BCUT2D eigenvalue weighted by atomic mass is 16.6. The molecule has 0 radical (unpaired) electrons. The van der Waals surface area contributed by atoms with Crippen LogP contribution in [0, 0.1) is 0 Å². The molecule has 0 rings (SSSR count). The molecule has 0 aromatic carbocycles. The average molecular weight is 863 g/mol. The first kappa shape index (κ1) is 58.6. The standard InChI is InChI=1S/C56H94O6/c1-4-7-10-13-16-19-22-25-27-28-29-32-34-37-40-43-46-49-55(58)61-52-53(51-60-54(57)48-45-42-39-36-33-30-24-21-18-15-12-9-6-3)62-56(59)50-47-44-41-38-35-31-26-23-20-17-14-11-8-5-2/h7,9-10,12,16,18-19,21,25,27,30,33,39,42,53H,4-6,8,11,13-15,17,20,22-24,26,28-29,31-32,34-38,40-41,43-52H2,1-3H3/b10-7-,12-9-,19-16-,21-18-,27-25-,33-30-,42-39-. The summed E-state index contributed by atoms with van der Waals surface area (Å²) in [7, 11) is 0. The van der Waals surface area contributed by atoms with E-state index in [-0.39, 0.29) is 37.5 Å². The summed E-state index contributed by atoms with van der Waals surface area (Å²) >= 11 is 0. The van der Waals surface area contributed by atoms with Crippen molar-refractivity contribution in [3.8, 4) is 0 Å². The number of carbonyl (C=O) groups excluding carboxylic acids is 3. The molecule has 1 unspecified atom stereocenters. The Morgan fingerprint density at radius 1 is 0.339 bits per heavy atom. The number of hydrogen-bond donors (Lipinski definition) is 0. The van der Waals surface area contributed by atoms with E-state index >= 15 is 0 Å². The Morgan fingerprint density at radius 3 is 1.08 bits per heavy atom. The molecule has 6 nitrogen and oxygen atoms in total. The number of esters is 3. The maximum Gasteiger partial charge on any atom is 0.306 e. The van der Waals surface area contributed by atoms with Crippen molar-refractivity contribution in [2.45, 2.75) is 239 Å². The summed E-state index contributed by atoms with van der Waals surface area (Å²) < 4.78 is 16.7. The molecule has 0 aliphatic rings. The Balaban J connectivity index is 4.46. The van der Waals surface area contributed by atoms with Gasteiger partial charge in [0, 0.05) is 19.3 Å². The molecule has 6 heteroatoms. The molecule has 0 bridgehead atoms. The van der Waals surface area contributed by atoms with Gasteiger partial charge in [-0.1, -0.05) is 221 Å². The Kier molecular flexibility index (Phi) is 47.5. The summed E-state index contributed by atoms with van der Waals surface area (Å²) in [6.07, 6.45) is 64.4. The van der Waals surface area contributed by atoms with Crippen LogP contribution in [0.3, 0.4) is 0 Å². The molecule has 0 aliphatic carbocycles. The van der Waals surface area contributed by atoms with Gasteiger partial charge in [-0.15, -0.1) is 0 Å². The van der Waals surface area contributed by atoms with Crippen molar-refractivity contribution in [1.82, 2.24) is 0 Å². The molecule has 0 aromatic heterocycles. The molecule has 0 aromatic rings. The molecule has 0 heterocycles. The molecule has 0 fully saturated rings. The number of allylic oxidation sites excluding steroid dienone is 14. The minimum atomic E-state index is -0.807. The molecule has 62 heavy (non-hydrogen) atoms. The zero-order valence-corrected chi connectivity index (χ0v) is 40.4. The number of hydrogen-bond acceptors (Lipinski definition) is 6. The van der Waals surface area contributed by atoms with E-state index in [1.165, 1.54) is 96.3 Å². The SMILES string of the molecule is CC/C=C\C/C=C\C/C=C\C/C=C\CCC(=O)OCC(COC(=O)CCCCCCCCC/C=C\C/C=C\C/C=C\CC)OC(=O)CCCCCCCCCCCCCCCC. The zero-order chi connectivity index (χ0) is 45.1. The first-order valence-electron chi connectivity index (χ1n) is 25.6. The van der Waals surface area contributed by atoms with Crippen LogP contribution in [0.25, 0.3) is 0 Å². The fraction of sp³-hybridized carbons (Fsp3) is 0.696. The van der Waals surface area contributed by atoms with Gasteiger partial charge in [0.05, 0.1) is 0 Å². The summed E-state index contributed by atoms with van der Waals surface area (Å²) in [5.41, 5.74) is 0. The Labute approximate surface area is 382 Å². The Hall–Kier alpha value is -3.41. The number of carbonyl (C=O) groups is 3. The quantitative estimate of drug-likeness (QED) is 0.0263. The van der Waals surface area contributed by atoms with Gasteiger partial charge in [0.1, 0.15) is 13.2 Å². The minimum Gasteiger partial charge on any atom is -0.462 e. The van der Waals surface area contributed by atoms with Crippen molar-refractivity contribution in [2.75, 3.05) is 13.2 Å². The highest BCUT2D eigenvalue weighted by molar-refractivity contribution is 5.71. The van der Waals surface area contributed by atoms with Gasteiger partial charge in [0.25, 0.3) is 0 Å². The lowest BCUT2D eigenvalue weighted by Crippen LogP contribution is -2.30. The number of ether oxygens (including phenoxy) is 3. The topological polar surface area (TPSA) is 78.9 Å². The number of unbranched alkanes of at least 4 members (excludes halogenated alkanes) is 20. The van der Waals surface area contributed by atoms with E-state index in [0.717, 1.165) is 89.9 Å². The fourth-order valence-electron chi connectivity index (χ4n) is 6.88. The van der Waals surface area contributed by atoms with Gasteiger partial charge < -0.3 is 14.2 Å². The maximum atomic E-state index is 12.8. The Bertz CT molecular complexity index is 1220. The first-order chi connectivity index (χ1) is 30.5. The largest absolute Gasteiger partial charge is 0.462 e. The van der Waals surface area contributed by atoms with Crippen LogP contribution in [0.1, 0.15) is 233 Å². The molecule has 0 saturated carbocycles. The fourth-order valence-corrected chi connectivity index (χ4v) is 6.88. The molecule has 0 amide bonds. The lowest BCUT2D eigenvalue weighted by atomic mass is 10.0. The summed E-state index contributed by atoms with van der Waals surface area (Å²) in [5, 5.41) is 0. The third kappa shape index (κ3) is 47.6. The smallest absolute Gasteiger partial charge is 0.306 e. The second-order valence-corrected chi connectivity index (χ2v) is 16.7. The van der Waals surface area contributed by atoms with Crippen LogP contribution >= 0.6 is 0 Å². The van der Waals surface area contributed by atoms with Crippen LogP contribution < -0.4 is 0 Å². The lowest BCUT2D eigenvalue weighted by molar-refractivity contribution is -0.166. The van der Waals surface area contributed by atoms with Crippen molar-refractivity contribution in [3.63, 3.8) is 0 Å². The van der Waals surface area contributed by atoms with Gasteiger partial charge in [-0.25, -0.2) is 0 Å². The number of rotatable bonds is 45. The summed E-state index contributed by atoms with van der Waals surface area (Å²) in [4.78, 5) is 37.9. The third-order valence-corrected chi connectivity index (χ3v) is 10.7. The summed E-state index contributed by atoms with van der Waals surface area (Å²) in [6.45, 7) is 6.34. The molecule has 0 aliphatic heterocycles. The van der Waals surface area contributed by atoms with Crippen LogP contribution in [-0.4, -0.2) is 37.2 Å². The molecule has 0 saturated heterocycles. The summed E-state index contributed by atoms with van der Waals surface area (Å²) in [5.74, 6) is -0.995. The van der Waals surface area contributed by atoms with Gasteiger partial charge in [0.15, 0.2) is 6.10 Å². The van der Waals surface area contributed by atoms with E-state index in [1.54, 1.807) is 0 Å². The van der Waals surface area contributed by atoms with E-state index in [0.29, 0.717) is 19.3 Å². The monoisotopic (exact) mass is 863 g/mol. The molecule has 0 spiro atoms. The van der Waals surface area contributed by atoms with Crippen LogP contribution in [0.4, 0.5) is 0 Å². The van der Waals surface area contributed by atoms with E-state index in [2.05, 4.69) is 93.7 Å². The summed E-state index contributed by atoms with van der Waals surface area (Å²) in [6, 6.07) is 0. The van der Waals surface area contributed by atoms with E-state index in [4.69, 9.17) is 14.2 Å². The van der Waals surface area contributed by atoms with Gasteiger partial charge in [-0.3, -0.25) is 14.4 Å². The average Bonchev–Trinajstić information content (AvgIpc) is 3.27. The molecular formula is C56H94O6. The van der Waals surface area contributed by atoms with Gasteiger partial charge in [0.2, 0.25) is 0 Å². The minimum absolute atomic E-state index is 0.103. The van der Waals surface area contributed by atoms with Crippen molar-refractivity contribution in [3.05, 3.63) is 85.1 Å². The van der Waals surface area contributed by atoms with Crippen molar-refractivity contribution in [1.29, 1.82) is 0 Å². The highest BCUT2D eigenvalue weighted by Crippen LogP contribution is 2.15. The second kappa shape index (κ2) is 50.2. The van der Waals surface area contributed by atoms with Gasteiger partial charge in [-0.05, 0) is 77.0 Å². The predicted octanol–water partition coefficient (Wildman–Crippen LogP) is 16.8. The predicted molar refractivity (Wildman–Crippen MR) is 265 cm³/mol. The molecular weight excluding hydrogens is 769 g/mol. The van der Waals surface area contributed by atoms with Crippen LogP contribution in [0.15, 0.2) is 85.1 Å². The van der Waals surface area contributed by atoms with Crippen LogP contribution in [0.2, 0.25) is 0 Å². The van der Waals surface area contributed by atoms with Crippen LogP contribution in [0.5, 0.6) is 0 Å². The zero-order valence-electron chi connectivity index (χ0n) is 40.4. The van der Waals surface area contributed by atoms with E-state index in [9.17, 15) is 14.4 Å². The normalized spacial score (nSPS) is 12.8. The Morgan fingerprint density at radius 2 is 0.661 bits per heavy atom. The highest BCUT2D eigenvalue weighted by Gasteiger charge is 2.19. The maximum absolute atomic E-state index is 12.8. The molecule has 354 valence electrons. The lowest BCUT2D eigenvalue weighted by Gasteiger charge is -2.18. The van der Waals surface area contributed by atoms with E-state index < -0.39 is 6.10 Å². The van der Waals surface area contributed by atoms with Crippen molar-refractivity contribution in [2.24, 2.45) is 0 Å². The van der Waals surface area contributed by atoms with Crippen molar-refractivity contribution < 1.29 is 28.6 Å². The van der Waals surface area contributed by atoms with Gasteiger partial charge in [-0.2, -0.15) is 0 Å². The third-order valence-electron chi connectivity index (χ3n) is 10.7. The van der Waals surface area contributed by atoms with Crippen molar-refractivity contribution >= 4 is 17.9 Å². The van der Waals surface area contributed by atoms with E-state index in [1.807, 2.05) is 12.2 Å². The molecule has 0 N–H and O–H groups in total. The molecule has 1 atom stereocenters. The first-order valence-corrected chi connectivity index (χ1v) is 25.6.